The lowest BCUT2D eigenvalue weighted by Crippen LogP contribution is -1.75. The van der Waals surface area contributed by atoms with Crippen LogP contribution in [-0.2, 0) is 0 Å². The van der Waals surface area contributed by atoms with Gasteiger partial charge in [0.2, 0.25) is 0 Å². The number of nitrogens with one attached hydrogen (secondary N) is 1. The maximum Gasteiger partial charge on any atom is 0.0731 e. The minimum atomic E-state index is 0.524. The number of aliphatic imine (C=N–C) groups is 1. The maximum absolute atomic E-state index is 6.47. The van der Waals surface area contributed by atoms with E-state index in [1.165, 1.54) is 6.21 Å². The minimum Gasteiger partial charge on any atom is -0.311 e. The van der Waals surface area contributed by atoms with Crippen molar-refractivity contribution < 1.29 is 0 Å². The Morgan fingerprint density at radius 2 is 2.50 bits per heavy atom. The van der Waals surface area contributed by atoms with E-state index < -0.39 is 0 Å². The summed E-state index contributed by atoms with van der Waals surface area (Å²) in [7, 11) is 0. The number of hydrogen-bond acceptors (Lipinski definition) is 2. The maximum atomic E-state index is 6.47. The molecule has 1 N–H and O–H groups in total. The quantitative estimate of drug-likeness (QED) is 0.479. The fraction of sp³-hybridized carbons (Fsp3) is 0.500. The molecule has 0 fully saturated rings. The van der Waals surface area contributed by atoms with E-state index in [2.05, 4.69) is 4.99 Å². The molecule has 0 spiro atoms. The van der Waals surface area contributed by atoms with Crippen molar-refractivity contribution in [2.24, 2.45) is 4.99 Å². The molecule has 0 heterocycles. The lowest BCUT2D eigenvalue weighted by Gasteiger charge is -1.70. The molecule has 6 heavy (non-hydrogen) atoms. The third-order valence-electron chi connectivity index (χ3n) is 0.379. The van der Waals surface area contributed by atoms with E-state index in [1.807, 2.05) is 6.92 Å². The van der Waals surface area contributed by atoms with Gasteiger partial charge in [0, 0.05) is 6.21 Å². The summed E-state index contributed by atoms with van der Waals surface area (Å²) in [5.41, 5.74) is 0. The predicted molar refractivity (Wildman–Crippen MR) is 27.8 cm³/mol. The Morgan fingerprint density at radius 3 is 2.67 bits per heavy atom. The Bertz CT molecular complexity index is 56.6. The average molecular weight is 84.1 g/mol. The first-order valence-electron chi connectivity index (χ1n) is 1.85. The van der Waals surface area contributed by atoms with Crippen LogP contribution in [0.15, 0.2) is 4.99 Å². The monoisotopic (exact) mass is 84.1 g/mol. The Morgan fingerprint density at radius 1 is 1.83 bits per heavy atom. The van der Waals surface area contributed by atoms with Gasteiger partial charge in [-0.05, 0) is 13.1 Å². The van der Waals surface area contributed by atoms with Crippen molar-refractivity contribution in [3.63, 3.8) is 0 Å². The molecule has 0 aliphatic carbocycles. The summed E-state index contributed by atoms with van der Waals surface area (Å²) < 4.78 is 0. The van der Waals surface area contributed by atoms with Gasteiger partial charge in [-0.1, -0.05) is 0 Å². The Labute approximate surface area is 37.4 Å². The van der Waals surface area contributed by atoms with Crippen LogP contribution in [0.4, 0.5) is 0 Å². The van der Waals surface area contributed by atoms with Crippen molar-refractivity contribution in [2.45, 2.75) is 6.92 Å². The van der Waals surface area contributed by atoms with Crippen molar-refractivity contribution in [3.8, 4) is 0 Å². The molecule has 0 radical (unpaired) electrons. The zero-order valence-electron chi connectivity index (χ0n) is 3.81. The molecule has 0 aliphatic heterocycles. The molecular formula is C4H8N2. The zero-order chi connectivity index (χ0) is 4.83. The van der Waals surface area contributed by atoms with E-state index in [4.69, 9.17) is 5.41 Å². The van der Waals surface area contributed by atoms with Crippen LogP contribution >= 0.6 is 0 Å². The molecule has 0 bridgehead atoms. The van der Waals surface area contributed by atoms with Gasteiger partial charge in [-0.2, -0.15) is 0 Å². The first kappa shape index (κ1) is 5.34. The van der Waals surface area contributed by atoms with Crippen molar-refractivity contribution >= 4 is 12.4 Å². The average Bonchev–Trinajstić information content (AvgIpc) is 1.61. The predicted octanol–water partition coefficient (Wildman–Crippen LogP) is 0.727. The molecule has 2 heteroatoms. The van der Waals surface area contributed by atoms with Gasteiger partial charge in [-0.25, -0.2) is 0 Å². The van der Waals surface area contributed by atoms with Crippen LogP contribution in [-0.4, -0.2) is 19.0 Å². The van der Waals surface area contributed by atoms with Crippen LogP contribution in [0, 0.1) is 5.41 Å². The van der Waals surface area contributed by atoms with E-state index in [1.54, 1.807) is 6.21 Å². The topological polar surface area (TPSA) is 36.2 Å². The second kappa shape index (κ2) is 4.34. The van der Waals surface area contributed by atoms with Crippen molar-refractivity contribution in [2.75, 3.05) is 6.54 Å². The molecule has 0 atom stereocenters. The van der Waals surface area contributed by atoms with Crippen LogP contribution < -0.4 is 0 Å². The van der Waals surface area contributed by atoms with E-state index in [-0.39, 0.29) is 0 Å². The van der Waals surface area contributed by atoms with Gasteiger partial charge < -0.3 is 5.41 Å². The lowest BCUT2D eigenvalue weighted by molar-refractivity contribution is 1.31. The van der Waals surface area contributed by atoms with Crippen molar-refractivity contribution in [3.05, 3.63) is 0 Å². The van der Waals surface area contributed by atoms with Crippen LogP contribution in [0.5, 0.6) is 0 Å². The van der Waals surface area contributed by atoms with Crippen molar-refractivity contribution in [1.29, 1.82) is 5.41 Å². The van der Waals surface area contributed by atoms with Crippen LogP contribution in [0.25, 0.3) is 0 Å². The molecule has 0 saturated carbocycles. The highest BCUT2D eigenvalue weighted by Gasteiger charge is 1.58. The second-order valence-electron chi connectivity index (χ2n) is 0.827. The van der Waals surface area contributed by atoms with E-state index in [9.17, 15) is 0 Å². The third-order valence-corrected chi connectivity index (χ3v) is 0.379. The lowest BCUT2D eigenvalue weighted by atomic mass is 10.7. The molecule has 0 aromatic heterocycles. The summed E-state index contributed by atoms with van der Waals surface area (Å²) in [5.74, 6) is 0. The van der Waals surface area contributed by atoms with Crippen LogP contribution in [0.2, 0.25) is 0 Å². The molecule has 0 aromatic rings. The molecule has 0 unspecified atom stereocenters. The van der Waals surface area contributed by atoms with Gasteiger partial charge in [0.05, 0.1) is 6.54 Å². The molecule has 0 aliphatic rings. The molecular weight excluding hydrogens is 76.1 g/mol. The smallest absolute Gasteiger partial charge is 0.0731 e. The number of hydrogen-bond donors (Lipinski definition) is 1. The highest BCUT2D eigenvalue weighted by Crippen LogP contribution is 1.55. The minimum absolute atomic E-state index is 0.524. The first-order valence-corrected chi connectivity index (χ1v) is 1.85. The molecule has 0 aromatic carbocycles. The van der Waals surface area contributed by atoms with Gasteiger partial charge in [0.25, 0.3) is 0 Å². The summed E-state index contributed by atoms with van der Waals surface area (Å²) >= 11 is 0. The fourth-order valence-electron chi connectivity index (χ4n) is 0.158. The summed E-state index contributed by atoms with van der Waals surface area (Å²) in [6.45, 7) is 2.36. The summed E-state index contributed by atoms with van der Waals surface area (Å²) in [6.07, 6.45) is 2.95. The highest BCUT2D eigenvalue weighted by atomic mass is 14.7. The second-order valence-corrected chi connectivity index (χ2v) is 0.827. The normalized spacial score (nSPS) is 9.50. The van der Waals surface area contributed by atoms with E-state index in [0.717, 1.165) is 0 Å². The summed E-state index contributed by atoms with van der Waals surface area (Å²) in [4.78, 5) is 3.72. The SMILES string of the molecule is CC=NCC=N. The Balaban J connectivity index is 2.85. The van der Waals surface area contributed by atoms with Gasteiger partial charge >= 0.3 is 0 Å². The third kappa shape index (κ3) is 3.34. The molecule has 0 rings (SSSR count). The Kier molecular flexibility index (Phi) is 3.86. The van der Waals surface area contributed by atoms with Gasteiger partial charge in [-0.15, -0.1) is 0 Å². The number of rotatable bonds is 2. The van der Waals surface area contributed by atoms with Crippen LogP contribution in [0.3, 0.4) is 0 Å². The number of nitrogens with zero attached hydrogens (tertiary/aromatic N) is 1. The standard InChI is InChI=1S/C4H8N2/c1-2-6-4-3-5/h2-3,5H,4H2,1H3. The molecule has 0 saturated heterocycles. The largest absolute Gasteiger partial charge is 0.311 e. The summed E-state index contributed by atoms with van der Waals surface area (Å²) in [6, 6.07) is 0. The van der Waals surface area contributed by atoms with Gasteiger partial charge in [0.15, 0.2) is 0 Å². The molecule has 34 valence electrons. The van der Waals surface area contributed by atoms with Crippen LogP contribution in [0.1, 0.15) is 6.92 Å². The molecule has 0 amide bonds. The van der Waals surface area contributed by atoms with E-state index in [0.29, 0.717) is 6.54 Å². The van der Waals surface area contributed by atoms with Gasteiger partial charge in [-0.3, -0.25) is 4.99 Å². The fourth-order valence-corrected chi connectivity index (χ4v) is 0.158. The highest BCUT2D eigenvalue weighted by molar-refractivity contribution is 5.61. The zero-order valence-corrected chi connectivity index (χ0v) is 3.81. The van der Waals surface area contributed by atoms with Gasteiger partial charge in [0.1, 0.15) is 0 Å². The first-order chi connectivity index (χ1) is 2.91. The summed E-state index contributed by atoms with van der Waals surface area (Å²) in [5, 5.41) is 6.47. The Hall–Kier alpha value is -0.660. The van der Waals surface area contributed by atoms with E-state index >= 15 is 0 Å². The molecule has 2 nitrogen and oxygen atoms in total. The van der Waals surface area contributed by atoms with Crippen molar-refractivity contribution in [1.82, 2.24) is 0 Å².